The molecule has 4 nitrogen and oxygen atoms in total. The quantitative estimate of drug-likeness (QED) is 0.625. The number of ether oxygens (including phenoxy) is 2. The van der Waals surface area contributed by atoms with Crippen LogP contribution in [0.2, 0.25) is 0 Å². The standard InChI is InChI=1S/C17H24O4/c1-2-3-4-8-11-14(18)16-15(19)12-20-17(21-16)13-9-6-5-7-10-13/h5-11,14-19H,2-4,12H2,1H3/b11-8+/t14-,15-,16+,17-/m1/s1. The van der Waals surface area contributed by atoms with Crippen LogP contribution in [0.3, 0.4) is 0 Å². The van der Waals surface area contributed by atoms with Crippen molar-refractivity contribution >= 4 is 0 Å². The van der Waals surface area contributed by atoms with Crippen LogP contribution < -0.4 is 0 Å². The van der Waals surface area contributed by atoms with Gasteiger partial charge in [-0.3, -0.25) is 0 Å². The molecule has 0 aromatic heterocycles. The summed E-state index contributed by atoms with van der Waals surface area (Å²) in [6, 6.07) is 9.54. The molecule has 0 bridgehead atoms. The number of benzene rings is 1. The normalized spacial score (nSPS) is 27.9. The maximum Gasteiger partial charge on any atom is 0.184 e. The van der Waals surface area contributed by atoms with Crippen molar-refractivity contribution in [2.45, 2.75) is 50.8 Å². The Morgan fingerprint density at radius 2 is 2.10 bits per heavy atom. The Hall–Kier alpha value is -1.20. The molecule has 4 atom stereocenters. The summed E-state index contributed by atoms with van der Waals surface area (Å²) in [6.45, 7) is 2.28. The lowest BCUT2D eigenvalue weighted by Gasteiger charge is -2.35. The predicted molar refractivity (Wildman–Crippen MR) is 80.7 cm³/mol. The minimum Gasteiger partial charge on any atom is -0.388 e. The van der Waals surface area contributed by atoms with Crippen molar-refractivity contribution in [2.75, 3.05) is 6.61 Å². The lowest BCUT2D eigenvalue weighted by Crippen LogP contribution is -2.46. The van der Waals surface area contributed by atoms with Crippen molar-refractivity contribution in [3.63, 3.8) is 0 Å². The van der Waals surface area contributed by atoms with Crippen LogP contribution in [-0.2, 0) is 9.47 Å². The van der Waals surface area contributed by atoms with E-state index in [9.17, 15) is 10.2 Å². The van der Waals surface area contributed by atoms with Crippen molar-refractivity contribution in [3.05, 3.63) is 48.0 Å². The second-order valence-corrected chi connectivity index (χ2v) is 5.30. The van der Waals surface area contributed by atoms with Crippen LogP contribution >= 0.6 is 0 Å². The fourth-order valence-electron chi connectivity index (χ4n) is 2.31. The predicted octanol–water partition coefficient (Wildman–Crippen LogP) is 2.57. The van der Waals surface area contributed by atoms with Gasteiger partial charge in [-0.15, -0.1) is 0 Å². The second kappa shape index (κ2) is 8.29. The minimum absolute atomic E-state index is 0.157. The van der Waals surface area contributed by atoms with Crippen molar-refractivity contribution in [3.8, 4) is 0 Å². The van der Waals surface area contributed by atoms with E-state index in [1.54, 1.807) is 6.08 Å². The van der Waals surface area contributed by atoms with Crippen LogP contribution in [0.25, 0.3) is 0 Å². The fraction of sp³-hybridized carbons (Fsp3) is 0.529. The maximum absolute atomic E-state index is 10.2. The first-order valence-electron chi connectivity index (χ1n) is 7.57. The van der Waals surface area contributed by atoms with Gasteiger partial charge in [-0.25, -0.2) is 0 Å². The van der Waals surface area contributed by atoms with E-state index in [0.717, 1.165) is 24.8 Å². The highest BCUT2D eigenvalue weighted by molar-refractivity contribution is 5.16. The van der Waals surface area contributed by atoms with Gasteiger partial charge < -0.3 is 19.7 Å². The molecule has 0 unspecified atom stereocenters. The van der Waals surface area contributed by atoms with Crippen LogP contribution in [0.1, 0.15) is 38.0 Å². The van der Waals surface area contributed by atoms with Gasteiger partial charge in [0, 0.05) is 5.56 Å². The second-order valence-electron chi connectivity index (χ2n) is 5.30. The smallest absolute Gasteiger partial charge is 0.184 e. The monoisotopic (exact) mass is 292 g/mol. The Balaban J connectivity index is 1.96. The Bertz CT molecular complexity index is 432. The van der Waals surface area contributed by atoms with Gasteiger partial charge in [-0.1, -0.05) is 62.2 Å². The number of unbranched alkanes of at least 4 members (excludes halogenated alkanes) is 2. The molecule has 0 amide bonds. The third-order valence-corrected chi connectivity index (χ3v) is 3.54. The number of rotatable bonds is 6. The van der Waals surface area contributed by atoms with Crippen LogP contribution in [0.4, 0.5) is 0 Å². The van der Waals surface area contributed by atoms with E-state index in [1.807, 2.05) is 36.4 Å². The molecule has 0 aliphatic carbocycles. The Morgan fingerprint density at radius 1 is 1.33 bits per heavy atom. The molecule has 0 saturated carbocycles. The van der Waals surface area contributed by atoms with Gasteiger partial charge in [0.05, 0.1) is 6.61 Å². The van der Waals surface area contributed by atoms with E-state index in [-0.39, 0.29) is 6.61 Å². The molecule has 2 N–H and O–H groups in total. The van der Waals surface area contributed by atoms with Crippen LogP contribution in [-0.4, -0.2) is 35.1 Å². The molecule has 1 aliphatic rings. The lowest BCUT2D eigenvalue weighted by molar-refractivity contribution is -0.270. The molecule has 116 valence electrons. The summed E-state index contributed by atoms with van der Waals surface area (Å²) in [5.41, 5.74) is 0.886. The summed E-state index contributed by atoms with van der Waals surface area (Å²) in [5.74, 6) is 0. The molecule has 1 aromatic carbocycles. The zero-order valence-corrected chi connectivity index (χ0v) is 12.4. The lowest BCUT2D eigenvalue weighted by atomic mass is 10.1. The summed E-state index contributed by atoms with van der Waals surface area (Å²) >= 11 is 0. The molecular weight excluding hydrogens is 268 g/mol. The molecule has 1 heterocycles. The molecule has 2 rings (SSSR count). The van der Waals surface area contributed by atoms with Gasteiger partial charge in [-0.2, -0.15) is 0 Å². The number of hydrogen-bond acceptors (Lipinski definition) is 4. The Labute approximate surface area is 126 Å². The first-order chi connectivity index (χ1) is 10.2. The van der Waals surface area contributed by atoms with Crippen molar-refractivity contribution in [1.82, 2.24) is 0 Å². The highest BCUT2D eigenvalue weighted by Gasteiger charge is 2.35. The van der Waals surface area contributed by atoms with Gasteiger partial charge >= 0.3 is 0 Å². The molecule has 21 heavy (non-hydrogen) atoms. The Kier molecular flexibility index (Phi) is 6.39. The average Bonchev–Trinajstić information content (AvgIpc) is 2.52. The molecule has 1 saturated heterocycles. The van der Waals surface area contributed by atoms with Crippen LogP contribution in [0, 0.1) is 0 Å². The van der Waals surface area contributed by atoms with Gasteiger partial charge in [0.15, 0.2) is 6.29 Å². The Morgan fingerprint density at radius 3 is 2.81 bits per heavy atom. The van der Waals surface area contributed by atoms with Gasteiger partial charge in [0.2, 0.25) is 0 Å². The van der Waals surface area contributed by atoms with Crippen molar-refractivity contribution < 1.29 is 19.7 Å². The van der Waals surface area contributed by atoms with Crippen molar-refractivity contribution in [2.24, 2.45) is 0 Å². The summed E-state index contributed by atoms with van der Waals surface area (Å²) < 4.78 is 11.2. The first kappa shape index (κ1) is 16.2. The number of aliphatic hydroxyl groups excluding tert-OH is 2. The van der Waals surface area contributed by atoms with E-state index in [4.69, 9.17) is 9.47 Å². The van der Waals surface area contributed by atoms with Gasteiger partial charge in [0.25, 0.3) is 0 Å². The average molecular weight is 292 g/mol. The third-order valence-electron chi connectivity index (χ3n) is 3.54. The number of aliphatic hydroxyl groups is 2. The number of hydrogen-bond donors (Lipinski definition) is 2. The van der Waals surface area contributed by atoms with Crippen LogP contribution in [0.5, 0.6) is 0 Å². The highest BCUT2D eigenvalue weighted by atomic mass is 16.7. The largest absolute Gasteiger partial charge is 0.388 e. The molecule has 0 spiro atoms. The summed E-state index contributed by atoms with van der Waals surface area (Å²) in [6.07, 6.45) is 3.92. The van der Waals surface area contributed by atoms with E-state index < -0.39 is 24.6 Å². The van der Waals surface area contributed by atoms with E-state index >= 15 is 0 Å². The summed E-state index contributed by atoms with van der Waals surface area (Å²) in [7, 11) is 0. The van der Waals surface area contributed by atoms with E-state index in [2.05, 4.69) is 6.92 Å². The van der Waals surface area contributed by atoms with E-state index in [0.29, 0.717) is 0 Å². The third kappa shape index (κ3) is 4.64. The maximum atomic E-state index is 10.2. The molecule has 1 aliphatic heterocycles. The molecule has 1 fully saturated rings. The fourth-order valence-corrected chi connectivity index (χ4v) is 2.31. The molecule has 0 radical (unpaired) electrons. The number of allylic oxidation sites excluding steroid dienone is 1. The van der Waals surface area contributed by atoms with Crippen LogP contribution in [0.15, 0.2) is 42.5 Å². The van der Waals surface area contributed by atoms with Crippen molar-refractivity contribution in [1.29, 1.82) is 0 Å². The minimum atomic E-state index is -0.827. The topological polar surface area (TPSA) is 58.9 Å². The molecular formula is C17H24O4. The summed E-state index contributed by atoms with van der Waals surface area (Å²) in [5, 5.41) is 20.1. The van der Waals surface area contributed by atoms with Gasteiger partial charge in [-0.05, 0) is 6.42 Å². The zero-order chi connectivity index (χ0) is 15.1. The van der Waals surface area contributed by atoms with E-state index in [1.165, 1.54) is 0 Å². The summed E-state index contributed by atoms with van der Waals surface area (Å²) in [4.78, 5) is 0. The molecule has 4 heteroatoms. The zero-order valence-electron chi connectivity index (χ0n) is 12.4. The highest BCUT2D eigenvalue weighted by Crippen LogP contribution is 2.28. The SMILES string of the molecule is CCCC/C=C/[C@@H](O)[C@@H]1O[C@H](c2ccccc2)OC[C@H]1O. The molecule has 1 aromatic rings. The first-order valence-corrected chi connectivity index (χ1v) is 7.57. The van der Waals surface area contributed by atoms with Gasteiger partial charge in [0.1, 0.15) is 18.3 Å².